The molecule has 6 nitrogen and oxygen atoms in total. The van der Waals surface area contributed by atoms with E-state index in [9.17, 15) is 15.2 Å². The number of aliphatic hydroxyl groups is 1. The lowest BCUT2D eigenvalue weighted by Gasteiger charge is -2.15. The summed E-state index contributed by atoms with van der Waals surface area (Å²) < 4.78 is 0. The van der Waals surface area contributed by atoms with E-state index in [1.165, 1.54) is 6.07 Å². The van der Waals surface area contributed by atoms with Crippen LogP contribution in [0.5, 0.6) is 0 Å². The summed E-state index contributed by atoms with van der Waals surface area (Å²) in [6, 6.07) is 6.34. The number of para-hydroxylation sites is 1. The van der Waals surface area contributed by atoms with Crippen molar-refractivity contribution in [2.45, 2.75) is 18.4 Å². The number of nitro benzene ring substituents is 1. The van der Waals surface area contributed by atoms with Crippen LogP contribution in [0.3, 0.4) is 0 Å². The number of aliphatic hydroxyl groups excluding tert-OH is 1. The molecule has 2 N–H and O–H groups in total. The van der Waals surface area contributed by atoms with Crippen molar-refractivity contribution in [1.82, 2.24) is 0 Å². The molecular weight excluding hydrogens is 222 g/mol. The van der Waals surface area contributed by atoms with Crippen LogP contribution in [0.25, 0.3) is 0 Å². The molecule has 0 heterocycles. The lowest BCUT2D eigenvalue weighted by atomic mass is 10.1. The molecule has 0 bridgehead atoms. The molecule has 0 aliphatic heterocycles. The maximum Gasteiger partial charge on any atom is 0.309 e. The second kappa shape index (κ2) is 4.03. The second-order valence-electron chi connectivity index (χ2n) is 4.13. The van der Waals surface area contributed by atoms with Crippen LogP contribution < -0.4 is 5.32 Å². The first-order chi connectivity index (χ1) is 8.12. The number of rotatable bonds is 4. The van der Waals surface area contributed by atoms with Gasteiger partial charge in [0.2, 0.25) is 0 Å². The second-order valence-corrected chi connectivity index (χ2v) is 4.13. The summed E-state index contributed by atoms with van der Waals surface area (Å²) in [6.07, 6.45) is 1.55. The highest BCUT2D eigenvalue weighted by molar-refractivity contribution is 5.69. The first-order valence-corrected chi connectivity index (χ1v) is 5.18. The third-order valence-electron chi connectivity index (χ3n) is 2.90. The van der Waals surface area contributed by atoms with Crippen LogP contribution >= 0.6 is 0 Å². The Kier molecular flexibility index (Phi) is 2.69. The topological polar surface area (TPSA) is 99.2 Å². The molecule has 0 saturated heterocycles. The Balaban J connectivity index is 2.40. The molecule has 17 heavy (non-hydrogen) atoms. The number of hydrogen-bond acceptors (Lipinski definition) is 5. The Morgan fingerprint density at radius 2 is 2.29 bits per heavy atom. The van der Waals surface area contributed by atoms with Gasteiger partial charge in [-0.3, -0.25) is 10.1 Å². The minimum Gasteiger partial charge on any atom is -0.394 e. The molecule has 1 aromatic carbocycles. The van der Waals surface area contributed by atoms with Gasteiger partial charge in [-0.2, -0.15) is 5.26 Å². The molecule has 0 aromatic heterocycles. The van der Waals surface area contributed by atoms with Crippen LogP contribution in [-0.2, 0) is 0 Å². The molecule has 2 rings (SSSR count). The van der Waals surface area contributed by atoms with Crippen molar-refractivity contribution in [1.29, 1.82) is 5.26 Å². The van der Waals surface area contributed by atoms with Crippen molar-refractivity contribution in [3.63, 3.8) is 0 Å². The monoisotopic (exact) mass is 233 g/mol. The zero-order chi connectivity index (χ0) is 12.5. The Morgan fingerprint density at radius 1 is 1.59 bits per heavy atom. The number of anilines is 1. The lowest BCUT2D eigenvalue weighted by molar-refractivity contribution is -0.384. The number of nitriles is 1. The van der Waals surface area contributed by atoms with Gasteiger partial charge in [0.1, 0.15) is 17.3 Å². The van der Waals surface area contributed by atoms with Crippen molar-refractivity contribution in [2.75, 3.05) is 11.9 Å². The molecule has 0 atom stereocenters. The molecule has 0 spiro atoms. The Hall–Kier alpha value is -2.13. The predicted molar refractivity (Wildman–Crippen MR) is 60.5 cm³/mol. The summed E-state index contributed by atoms with van der Waals surface area (Å²) in [6.45, 7) is -0.0685. The smallest absolute Gasteiger partial charge is 0.309 e. The van der Waals surface area contributed by atoms with Crippen molar-refractivity contribution >= 4 is 11.4 Å². The molecule has 88 valence electrons. The number of benzene rings is 1. The van der Waals surface area contributed by atoms with Crippen LogP contribution in [0.4, 0.5) is 11.4 Å². The van der Waals surface area contributed by atoms with Crippen LogP contribution in [-0.4, -0.2) is 22.2 Å². The maximum atomic E-state index is 10.9. The number of hydrogen-bond donors (Lipinski definition) is 2. The average molecular weight is 233 g/mol. The first-order valence-electron chi connectivity index (χ1n) is 5.18. The molecule has 1 aromatic rings. The molecule has 6 heteroatoms. The standard InChI is InChI=1S/C11H11N3O3/c12-6-8-2-1-3-9(10(8)14(16)17)13-11(7-15)4-5-11/h1-3,13,15H,4-5,7H2. The van der Waals surface area contributed by atoms with Gasteiger partial charge in [-0.1, -0.05) is 6.07 Å². The number of nitrogens with zero attached hydrogens (tertiary/aromatic N) is 2. The van der Waals surface area contributed by atoms with Crippen LogP contribution in [0, 0.1) is 21.4 Å². The van der Waals surface area contributed by atoms with Crippen LogP contribution in [0.15, 0.2) is 18.2 Å². The Morgan fingerprint density at radius 3 is 2.76 bits per heavy atom. The summed E-state index contributed by atoms with van der Waals surface area (Å²) >= 11 is 0. The molecule has 1 fully saturated rings. The van der Waals surface area contributed by atoms with Crippen LogP contribution in [0.1, 0.15) is 18.4 Å². The maximum absolute atomic E-state index is 10.9. The molecule has 0 radical (unpaired) electrons. The van der Waals surface area contributed by atoms with Gasteiger partial charge in [0.15, 0.2) is 0 Å². The number of nitrogens with one attached hydrogen (secondary N) is 1. The largest absolute Gasteiger partial charge is 0.394 e. The number of nitro groups is 1. The van der Waals surface area contributed by atoms with Crippen molar-refractivity contribution in [3.8, 4) is 6.07 Å². The van der Waals surface area contributed by atoms with Crippen molar-refractivity contribution < 1.29 is 10.0 Å². The highest BCUT2D eigenvalue weighted by Gasteiger charge is 2.43. The van der Waals surface area contributed by atoms with E-state index in [4.69, 9.17) is 5.26 Å². The molecule has 1 aliphatic rings. The Bertz CT molecular complexity index is 503. The minimum atomic E-state index is -0.575. The van der Waals surface area contributed by atoms with E-state index in [2.05, 4.69) is 5.32 Å². The van der Waals surface area contributed by atoms with Gasteiger partial charge >= 0.3 is 5.69 Å². The van der Waals surface area contributed by atoms with Gasteiger partial charge < -0.3 is 10.4 Å². The lowest BCUT2D eigenvalue weighted by Crippen LogP contribution is -2.26. The van der Waals surface area contributed by atoms with E-state index in [0.717, 1.165) is 12.8 Å². The fourth-order valence-electron chi connectivity index (χ4n) is 1.69. The van der Waals surface area contributed by atoms with Gasteiger partial charge in [0.25, 0.3) is 0 Å². The highest BCUT2D eigenvalue weighted by Crippen LogP contribution is 2.41. The van der Waals surface area contributed by atoms with E-state index in [0.29, 0.717) is 5.69 Å². The summed E-state index contributed by atoms with van der Waals surface area (Å²) in [5.41, 5.74) is -0.358. The molecule has 0 amide bonds. The van der Waals surface area contributed by atoms with Crippen molar-refractivity contribution in [2.24, 2.45) is 0 Å². The zero-order valence-electron chi connectivity index (χ0n) is 9.01. The average Bonchev–Trinajstić information content (AvgIpc) is 3.08. The third kappa shape index (κ3) is 2.05. The minimum absolute atomic E-state index is 0.0220. The Labute approximate surface area is 97.6 Å². The van der Waals surface area contributed by atoms with Crippen molar-refractivity contribution in [3.05, 3.63) is 33.9 Å². The summed E-state index contributed by atoms with van der Waals surface area (Å²) in [7, 11) is 0. The van der Waals surface area contributed by atoms with E-state index >= 15 is 0 Å². The first kappa shape index (κ1) is 11.4. The van der Waals surface area contributed by atoms with E-state index in [1.54, 1.807) is 18.2 Å². The predicted octanol–water partition coefficient (Wildman–Crippen LogP) is 1.40. The van der Waals surface area contributed by atoms with Gasteiger partial charge in [-0.15, -0.1) is 0 Å². The third-order valence-corrected chi connectivity index (χ3v) is 2.90. The molecule has 1 saturated carbocycles. The van der Waals surface area contributed by atoms with Gasteiger partial charge in [-0.05, 0) is 25.0 Å². The van der Waals surface area contributed by atoms with E-state index < -0.39 is 10.5 Å². The fourth-order valence-corrected chi connectivity index (χ4v) is 1.69. The fraction of sp³-hybridized carbons (Fsp3) is 0.364. The zero-order valence-corrected chi connectivity index (χ0v) is 9.01. The van der Waals surface area contributed by atoms with Crippen LogP contribution in [0.2, 0.25) is 0 Å². The molecule has 0 unspecified atom stereocenters. The van der Waals surface area contributed by atoms with E-state index in [-0.39, 0.29) is 17.9 Å². The summed E-state index contributed by atoms with van der Waals surface area (Å²) in [4.78, 5) is 10.4. The van der Waals surface area contributed by atoms with Gasteiger partial charge in [0, 0.05) is 0 Å². The van der Waals surface area contributed by atoms with E-state index in [1.807, 2.05) is 0 Å². The van der Waals surface area contributed by atoms with Gasteiger partial charge in [0.05, 0.1) is 17.1 Å². The summed E-state index contributed by atoms with van der Waals surface area (Å²) in [5.74, 6) is 0. The molecular formula is C11H11N3O3. The van der Waals surface area contributed by atoms with Gasteiger partial charge in [-0.25, -0.2) is 0 Å². The quantitative estimate of drug-likeness (QED) is 0.605. The SMILES string of the molecule is N#Cc1cccc(NC2(CO)CC2)c1[N+](=O)[O-]. The highest BCUT2D eigenvalue weighted by atomic mass is 16.6. The summed E-state index contributed by atoms with van der Waals surface area (Å²) in [5, 5.41) is 31.9. The normalized spacial score (nSPS) is 16.0. The molecule has 1 aliphatic carbocycles.